The highest BCUT2D eigenvalue weighted by atomic mass is 32.2. The van der Waals surface area contributed by atoms with Crippen molar-refractivity contribution in [1.29, 1.82) is 0 Å². The predicted octanol–water partition coefficient (Wildman–Crippen LogP) is 3.96. The number of rotatable bonds is 9. The molecule has 8 heteroatoms. The van der Waals surface area contributed by atoms with Crippen molar-refractivity contribution in [2.24, 2.45) is 7.05 Å². The van der Waals surface area contributed by atoms with Crippen molar-refractivity contribution in [2.75, 3.05) is 12.3 Å². The predicted molar refractivity (Wildman–Crippen MR) is 116 cm³/mol. The van der Waals surface area contributed by atoms with Gasteiger partial charge in [0, 0.05) is 37.0 Å². The van der Waals surface area contributed by atoms with Gasteiger partial charge in [-0.05, 0) is 33.3 Å². The molecule has 1 aromatic heterocycles. The number of thioether (sulfide) groups is 1. The van der Waals surface area contributed by atoms with Crippen molar-refractivity contribution < 1.29 is 9.13 Å². The van der Waals surface area contributed by atoms with Crippen LogP contribution in [0.15, 0.2) is 65.8 Å². The maximum atomic E-state index is 14.0. The smallest absolute Gasteiger partial charge is 0.209 e. The molecule has 154 valence electrons. The molecule has 0 spiro atoms. The van der Waals surface area contributed by atoms with E-state index in [9.17, 15) is 4.39 Å². The minimum Gasteiger partial charge on any atom is -0.488 e. The van der Waals surface area contributed by atoms with Crippen LogP contribution < -0.4 is 10.1 Å². The van der Waals surface area contributed by atoms with Gasteiger partial charge in [0.15, 0.2) is 0 Å². The van der Waals surface area contributed by atoms with E-state index < -0.39 is 0 Å². The molecule has 1 N–H and O–H groups in total. The second-order valence-electron chi connectivity index (χ2n) is 6.75. The molecule has 0 bridgehead atoms. The minimum absolute atomic E-state index is 0.188. The van der Waals surface area contributed by atoms with Crippen LogP contribution in [0.5, 0.6) is 5.75 Å². The highest BCUT2D eigenvalue weighted by Crippen LogP contribution is 2.29. The zero-order valence-corrected chi connectivity index (χ0v) is 17.4. The molecule has 0 fully saturated rings. The van der Waals surface area contributed by atoms with Crippen molar-refractivity contribution in [3.63, 3.8) is 0 Å². The lowest BCUT2D eigenvalue weighted by Gasteiger charge is -2.15. The van der Waals surface area contributed by atoms with E-state index in [1.165, 1.54) is 6.07 Å². The molecule has 0 saturated carbocycles. The molecular formula is C22H22FN5OS. The second-order valence-corrected chi connectivity index (χ2v) is 7.82. The highest BCUT2D eigenvalue weighted by Gasteiger charge is 2.10. The van der Waals surface area contributed by atoms with Gasteiger partial charge in [-0.15, -0.1) is 5.10 Å². The summed E-state index contributed by atoms with van der Waals surface area (Å²) >= 11 is 1.60. The number of halogens is 1. The lowest BCUT2D eigenvalue weighted by atomic mass is 10.0. The molecule has 1 heterocycles. The standard InChI is InChI=1S/C22H22FN5OS/c1-28-22(25-26-27-28)30-13-12-24-14-19-18-8-4-2-6-16(18)10-11-21(19)29-15-17-7-3-5-9-20(17)23/h2-11,24H,12-15H2,1H3. The van der Waals surface area contributed by atoms with Gasteiger partial charge in [0.05, 0.1) is 0 Å². The number of aromatic nitrogens is 4. The minimum atomic E-state index is -0.256. The molecule has 0 atom stereocenters. The summed E-state index contributed by atoms with van der Waals surface area (Å²) in [4.78, 5) is 0. The molecule has 0 unspecified atom stereocenters. The number of nitrogens with one attached hydrogen (secondary N) is 1. The molecule has 0 saturated heterocycles. The molecule has 0 amide bonds. The van der Waals surface area contributed by atoms with Crippen LogP contribution in [-0.2, 0) is 20.2 Å². The van der Waals surface area contributed by atoms with E-state index >= 15 is 0 Å². The van der Waals surface area contributed by atoms with Crippen molar-refractivity contribution in [3.05, 3.63) is 77.6 Å². The average Bonchev–Trinajstić information content (AvgIpc) is 3.18. The maximum absolute atomic E-state index is 14.0. The number of hydrogen-bond donors (Lipinski definition) is 1. The highest BCUT2D eigenvalue weighted by molar-refractivity contribution is 7.99. The zero-order chi connectivity index (χ0) is 20.8. The van der Waals surface area contributed by atoms with Crippen molar-refractivity contribution in [3.8, 4) is 5.75 Å². The Morgan fingerprint density at radius 3 is 2.73 bits per heavy atom. The van der Waals surface area contributed by atoms with Crippen molar-refractivity contribution >= 4 is 22.5 Å². The lowest BCUT2D eigenvalue weighted by Crippen LogP contribution is -2.18. The van der Waals surface area contributed by atoms with Crippen molar-refractivity contribution in [2.45, 2.75) is 18.3 Å². The van der Waals surface area contributed by atoms with Crippen LogP contribution >= 0.6 is 11.8 Å². The molecule has 6 nitrogen and oxygen atoms in total. The monoisotopic (exact) mass is 423 g/mol. The van der Waals surface area contributed by atoms with E-state index in [0.29, 0.717) is 12.1 Å². The first-order chi connectivity index (χ1) is 14.7. The van der Waals surface area contributed by atoms with E-state index in [-0.39, 0.29) is 12.4 Å². The molecule has 30 heavy (non-hydrogen) atoms. The summed E-state index contributed by atoms with van der Waals surface area (Å²) in [5, 5.41) is 18.0. The Labute approximate surface area is 178 Å². The Kier molecular flexibility index (Phi) is 6.56. The summed E-state index contributed by atoms with van der Waals surface area (Å²) in [7, 11) is 1.82. The maximum Gasteiger partial charge on any atom is 0.209 e. The first kappa shape index (κ1) is 20.3. The van der Waals surface area contributed by atoms with Gasteiger partial charge in [0.25, 0.3) is 0 Å². The molecule has 4 rings (SSSR count). The van der Waals surface area contributed by atoms with Gasteiger partial charge in [-0.2, -0.15) is 0 Å². The van der Waals surface area contributed by atoms with Gasteiger partial charge in [-0.3, -0.25) is 0 Å². The van der Waals surface area contributed by atoms with Crippen LogP contribution in [0.4, 0.5) is 4.39 Å². The number of aryl methyl sites for hydroxylation is 1. The van der Waals surface area contributed by atoms with Crippen LogP contribution in [0, 0.1) is 5.82 Å². The van der Waals surface area contributed by atoms with E-state index in [1.807, 2.05) is 37.4 Å². The van der Waals surface area contributed by atoms with E-state index in [1.54, 1.807) is 28.6 Å². The SMILES string of the molecule is Cn1nnnc1SCCNCc1c(OCc2ccccc2F)ccc2ccccc12. The summed E-state index contributed by atoms with van der Waals surface area (Å²) in [6, 6.07) is 18.9. The Morgan fingerprint density at radius 2 is 1.90 bits per heavy atom. The summed E-state index contributed by atoms with van der Waals surface area (Å²) < 4.78 is 21.7. The van der Waals surface area contributed by atoms with E-state index in [0.717, 1.165) is 39.5 Å². The first-order valence-electron chi connectivity index (χ1n) is 9.65. The fraction of sp³-hybridized carbons (Fsp3) is 0.227. The average molecular weight is 424 g/mol. The fourth-order valence-electron chi connectivity index (χ4n) is 3.18. The van der Waals surface area contributed by atoms with Gasteiger partial charge in [-0.1, -0.05) is 60.3 Å². The Bertz CT molecular complexity index is 1130. The number of tetrazole rings is 1. The van der Waals surface area contributed by atoms with Gasteiger partial charge in [0.2, 0.25) is 5.16 Å². The number of fused-ring (bicyclic) bond motifs is 1. The van der Waals surface area contributed by atoms with Crippen LogP contribution in [0.3, 0.4) is 0 Å². The van der Waals surface area contributed by atoms with Crippen LogP contribution in [0.25, 0.3) is 10.8 Å². The lowest BCUT2D eigenvalue weighted by molar-refractivity contribution is 0.296. The second kappa shape index (κ2) is 9.69. The quantitative estimate of drug-likeness (QED) is 0.325. The van der Waals surface area contributed by atoms with E-state index in [4.69, 9.17) is 4.74 Å². The summed E-state index contributed by atoms with van der Waals surface area (Å²) in [5.74, 6) is 1.34. The number of nitrogens with zero attached hydrogens (tertiary/aromatic N) is 4. The molecule has 0 aliphatic carbocycles. The molecule has 0 radical (unpaired) electrons. The Hall–Kier alpha value is -2.97. The van der Waals surface area contributed by atoms with Gasteiger partial charge in [-0.25, -0.2) is 9.07 Å². The zero-order valence-electron chi connectivity index (χ0n) is 16.6. The third kappa shape index (κ3) is 4.77. The summed E-state index contributed by atoms with van der Waals surface area (Å²) in [5.41, 5.74) is 1.60. The van der Waals surface area contributed by atoms with Crippen molar-refractivity contribution in [1.82, 2.24) is 25.5 Å². The fourth-order valence-corrected chi connectivity index (χ4v) is 3.92. The van der Waals surface area contributed by atoms with Crippen LogP contribution in [0.2, 0.25) is 0 Å². The summed E-state index contributed by atoms with van der Waals surface area (Å²) in [6.07, 6.45) is 0. The number of hydrogen-bond acceptors (Lipinski definition) is 6. The third-order valence-corrected chi connectivity index (χ3v) is 5.74. The topological polar surface area (TPSA) is 64.9 Å². The number of benzene rings is 3. The molecular weight excluding hydrogens is 401 g/mol. The van der Waals surface area contributed by atoms with Gasteiger partial charge < -0.3 is 10.1 Å². The van der Waals surface area contributed by atoms with Crippen LogP contribution in [-0.4, -0.2) is 32.5 Å². The van der Waals surface area contributed by atoms with Gasteiger partial charge >= 0.3 is 0 Å². The molecule has 0 aliphatic rings. The first-order valence-corrected chi connectivity index (χ1v) is 10.6. The Balaban J connectivity index is 1.45. The molecule has 3 aromatic carbocycles. The molecule has 0 aliphatic heterocycles. The van der Waals surface area contributed by atoms with E-state index in [2.05, 4.69) is 33.0 Å². The normalized spacial score (nSPS) is 11.1. The third-order valence-electron chi connectivity index (χ3n) is 4.73. The number of ether oxygens (including phenoxy) is 1. The van der Waals surface area contributed by atoms with Crippen LogP contribution in [0.1, 0.15) is 11.1 Å². The Morgan fingerprint density at radius 1 is 1.07 bits per heavy atom. The molecule has 4 aromatic rings. The van der Waals surface area contributed by atoms with Gasteiger partial charge in [0.1, 0.15) is 18.2 Å². The largest absolute Gasteiger partial charge is 0.488 e. The summed E-state index contributed by atoms with van der Waals surface area (Å²) in [6.45, 7) is 1.62.